The molecule has 0 bridgehead atoms. The first kappa shape index (κ1) is 21.6. The molecule has 0 heterocycles. The number of benzene rings is 2. The topological polar surface area (TPSA) is 102 Å². The fourth-order valence-corrected chi connectivity index (χ4v) is 3.66. The molecule has 146 valence electrons. The predicted octanol–water partition coefficient (Wildman–Crippen LogP) is 2.54. The average molecular weight is 465 g/mol. The van der Waals surface area contributed by atoms with E-state index >= 15 is 0 Å². The van der Waals surface area contributed by atoms with Gasteiger partial charge >= 0.3 is 5.97 Å². The van der Waals surface area contributed by atoms with E-state index < -0.39 is 22.0 Å². The zero-order valence-corrected chi connectivity index (χ0v) is 17.2. The number of rotatable bonds is 7. The lowest BCUT2D eigenvalue weighted by Crippen LogP contribution is -2.41. The van der Waals surface area contributed by atoms with E-state index in [4.69, 9.17) is 6.42 Å². The number of anilines is 1. The van der Waals surface area contributed by atoms with Crippen LogP contribution in [0.15, 0.2) is 57.9 Å². The van der Waals surface area contributed by atoms with Crippen LogP contribution in [0.4, 0.5) is 5.69 Å². The van der Waals surface area contributed by atoms with Gasteiger partial charge in [-0.25, -0.2) is 8.42 Å². The summed E-state index contributed by atoms with van der Waals surface area (Å²) in [6.45, 7) is 0. The van der Waals surface area contributed by atoms with Crippen LogP contribution in [-0.4, -0.2) is 33.4 Å². The molecule has 0 radical (unpaired) electrons. The molecule has 0 saturated carbocycles. The maximum absolute atomic E-state index is 12.4. The summed E-state index contributed by atoms with van der Waals surface area (Å²) in [6.07, 6.45) is 5.02. The largest absolute Gasteiger partial charge is 0.468 e. The Morgan fingerprint density at radius 2 is 1.75 bits per heavy atom. The minimum Gasteiger partial charge on any atom is -0.468 e. The first-order valence-corrected chi connectivity index (χ1v) is 10.2. The first-order chi connectivity index (χ1) is 13.3. The monoisotopic (exact) mass is 464 g/mol. The number of nitrogens with one attached hydrogen (secondary N) is 2. The molecule has 28 heavy (non-hydrogen) atoms. The Hall–Kier alpha value is -2.67. The highest BCUT2D eigenvalue weighted by Gasteiger charge is 2.25. The van der Waals surface area contributed by atoms with Gasteiger partial charge in [-0.15, -0.1) is 12.3 Å². The van der Waals surface area contributed by atoms with Gasteiger partial charge in [-0.2, -0.15) is 4.72 Å². The molecule has 0 aliphatic heterocycles. The Morgan fingerprint density at radius 1 is 1.14 bits per heavy atom. The highest BCUT2D eigenvalue weighted by atomic mass is 79.9. The van der Waals surface area contributed by atoms with Gasteiger partial charge in [-0.05, 0) is 48.5 Å². The predicted molar refractivity (Wildman–Crippen MR) is 108 cm³/mol. The van der Waals surface area contributed by atoms with E-state index in [1.54, 1.807) is 24.3 Å². The summed E-state index contributed by atoms with van der Waals surface area (Å²) in [4.78, 5) is 23.8. The minimum absolute atomic E-state index is 0.0833. The van der Waals surface area contributed by atoms with E-state index in [0.29, 0.717) is 11.3 Å². The molecule has 2 rings (SSSR count). The van der Waals surface area contributed by atoms with Crippen LogP contribution >= 0.6 is 15.9 Å². The summed E-state index contributed by atoms with van der Waals surface area (Å²) in [7, 11) is -2.86. The molecule has 1 amide bonds. The zero-order valence-electron chi connectivity index (χ0n) is 14.8. The molecule has 2 N–H and O–H groups in total. The fourth-order valence-electron chi connectivity index (χ4n) is 2.21. The first-order valence-electron chi connectivity index (χ1n) is 7.97. The molecule has 2 aromatic carbocycles. The summed E-state index contributed by atoms with van der Waals surface area (Å²) in [6, 6.07) is 11.1. The number of amides is 1. The third-order valence-corrected chi connectivity index (χ3v) is 5.65. The van der Waals surface area contributed by atoms with Crippen molar-refractivity contribution in [1.29, 1.82) is 0 Å². The number of ether oxygens (including phenoxy) is 1. The second-order valence-electron chi connectivity index (χ2n) is 5.59. The van der Waals surface area contributed by atoms with E-state index in [0.717, 1.165) is 11.6 Å². The van der Waals surface area contributed by atoms with Crippen LogP contribution < -0.4 is 10.0 Å². The summed E-state index contributed by atoms with van der Waals surface area (Å²) in [5.74, 6) is 1.12. The van der Waals surface area contributed by atoms with Crippen molar-refractivity contribution < 1.29 is 22.7 Å². The summed E-state index contributed by atoms with van der Waals surface area (Å²) in [5, 5.41) is 2.67. The molecule has 2 aromatic rings. The fraction of sp³-hybridized carbons (Fsp3) is 0.158. The lowest BCUT2D eigenvalue weighted by Gasteiger charge is -2.14. The molecule has 9 heteroatoms. The molecule has 0 aromatic heterocycles. The van der Waals surface area contributed by atoms with Gasteiger partial charge in [0.25, 0.3) is 5.91 Å². The van der Waals surface area contributed by atoms with E-state index in [-0.39, 0.29) is 17.2 Å². The number of carbonyl (C=O) groups excluding carboxylic acids is 2. The van der Waals surface area contributed by atoms with Gasteiger partial charge in [0.2, 0.25) is 10.0 Å². The van der Waals surface area contributed by atoms with Crippen LogP contribution in [0.5, 0.6) is 0 Å². The molecule has 1 atom stereocenters. The Labute approximate surface area is 171 Å². The van der Waals surface area contributed by atoms with E-state index in [2.05, 4.69) is 36.6 Å². The maximum atomic E-state index is 12.4. The smallest absolute Gasteiger partial charge is 0.324 e. The number of methoxy groups -OCH3 is 1. The molecule has 7 nitrogen and oxygen atoms in total. The van der Waals surface area contributed by atoms with Crippen LogP contribution in [0.25, 0.3) is 0 Å². The molecule has 0 saturated heterocycles. The van der Waals surface area contributed by atoms with Crippen LogP contribution in [-0.2, 0) is 19.6 Å². The number of carbonyl (C=O) groups is 2. The van der Waals surface area contributed by atoms with Gasteiger partial charge in [0.1, 0.15) is 6.04 Å². The van der Waals surface area contributed by atoms with Crippen molar-refractivity contribution in [1.82, 2.24) is 4.72 Å². The lowest BCUT2D eigenvalue weighted by molar-refractivity contribution is -0.142. The van der Waals surface area contributed by atoms with E-state index in [9.17, 15) is 18.0 Å². The van der Waals surface area contributed by atoms with Crippen molar-refractivity contribution in [3.63, 3.8) is 0 Å². The van der Waals surface area contributed by atoms with Gasteiger partial charge in [0.05, 0.1) is 12.0 Å². The van der Waals surface area contributed by atoms with Gasteiger partial charge in [-0.3, -0.25) is 9.59 Å². The molecule has 0 spiro atoms. The molecular formula is C19H17BrN2O5S. The van der Waals surface area contributed by atoms with Crippen LogP contribution in [0.2, 0.25) is 0 Å². The van der Waals surface area contributed by atoms with Gasteiger partial charge in [0, 0.05) is 22.1 Å². The second kappa shape index (κ2) is 9.50. The minimum atomic E-state index is -4.00. The quantitative estimate of drug-likeness (QED) is 0.484. The third-order valence-electron chi connectivity index (χ3n) is 3.63. The number of terminal acetylenes is 1. The Bertz CT molecular complexity index is 996. The van der Waals surface area contributed by atoms with Crippen molar-refractivity contribution >= 4 is 43.5 Å². The zero-order chi connectivity index (χ0) is 20.7. The highest BCUT2D eigenvalue weighted by Crippen LogP contribution is 2.17. The van der Waals surface area contributed by atoms with Gasteiger partial charge in [0.15, 0.2) is 0 Å². The molecule has 0 aliphatic rings. The number of esters is 1. The average Bonchev–Trinajstić information content (AvgIpc) is 2.67. The Kier molecular flexibility index (Phi) is 7.34. The summed E-state index contributed by atoms with van der Waals surface area (Å²) in [5.41, 5.74) is 0.872. The van der Waals surface area contributed by atoms with Gasteiger partial charge < -0.3 is 10.1 Å². The molecular weight excluding hydrogens is 448 g/mol. The summed E-state index contributed by atoms with van der Waals surface area (Å²) >= 11 is 3.29. The van der Waals surface area contributed by atoms with Gasteiger partial charge in [-0.1, -0.05) is 15.9 Å². The highest BCUT2D eigenvalue weighted by molar-refractivity contribution is 9.10. The Balaban J connectivity index is 2.12. The number of hydrogen-bond acceptors (Lipinski definition) is 5. The van der Waals surface area contributed by atoms with Crippen molar-refractivity contribution in [2.24, 2.45) is 0 Å². The van der Waals surface area contributed by atoms with Crippen molar-refractivity contribution in [2.45, 2.75) is 17.4 Å². The van der Waals surface area contributed by atoms with E-state index in [1.165, 1.54) is 24.3 Å². The van der Waals surface area contributed by atoms with Crippen molar-refractivity contribution in [3.05, 3.63) is 58.6 Å². The molecule has 1 unspecified atom stereocenters. The lowest BCUT2D eigenvalue weighted by atomic mass is 10.2. The maximum Gasteiger partial charge on any atom is 0.324 e. The standard InChI is InChI=1S/C19H17BrN2O5S/c1-3-4-17(19(24)27-2)22-28(25,26)16-11-9-15(10-12-16)21-18(23)13-5-7-14(20)8-6-13/h1,5-12,17,22H,4H2,2H3,(H,21,23). The van der Waals surface area contributed by atoms with E-state index in [1.807, 2.05) is 0 Å². The number of sulfonamides is 1. The Morgan fingerprint density at radius 3 is 2.29 bits per heavy atom. The third kappa shape index (κ3) is 5.66. The van der Waals surface area contributed by atoms with Crippen molar-refractivity contribution in [3.8, 4) is 12.3 Å². The van der Waals surface area contributed by atoms with Crippen LogP contribution in [0.1, 0.15) is 16.8 Å². The molecule has 0 aliphatic carbocycles. The SMILES string of the molecule is C#CCC(NS(=O)(=O)c1ccc(NC(=O)c2ccc(Br)cc2)cc1)C(=O)OC. The van der Waals surface area contributed by atoms with Crippen LogP contribution in [0, 0.1) is 12.3 Å². The molecule has 0 fully saturated rings. The number of hydrogen-bond donors (Lipinski definition) is 2. The second-order valence-corrected chi connectivity index (χ2v) is 8.22. The van der Waals surface area contributed by atoms with Crippen LogP contribution in [0.3, 0.4) is 0 Å². The normalized spacial score (nSPS) is 11.9. The summed E-state index contributed by atoms with van der Waals surface area (Å²) < 4.78 is 32.5. The number of halogens is 1. The van der Waals surface area contributed by atoms with Crippen molar-refractivity contribution in [2.75, 3.05) is 12.4 Å².